The number of hydrogen-bond donors (Lipinski definition) is 1. The third kappa shape index (κ3) is 3.98. The lowest BCUT2D eigenvalue weighted by Crippen LogP contribution is -2.28. The second-order valence-electron chi connectivity index (χ2n) is 7.04. The molecule has 100 valence electrons. The van der Waals surface area contributed by atoms with Crippen molar-refractivity contribution in [3.63, 3.8) is 0 Å². The van der Waals surface area contributed by atoms with Gasteiger partial charge in [-0.25, -0.2) is 0 Å². The highest BCUT2D eigenvalue weighted by molar-refractivity contribution is 4.80. The van der Waals surface area contributed by atoms with Crippen molar-refractivity contribution in [2.75, 3.05) is 0 Å². The number of rotatable bonds is 3. The first-order valence-corrected chi connectivity index (χ1v) is 7.90. The summed E-state index contributed by atoms with van der Waals surface area (Å²) in [7, 11) is 0. The number of nitrogens with two attached hydrogens (primary N) is 1. The Hall–Kier alpha value is -0.0400. The molecule has 0 aliphatic heterocycles. The molecule has 2 aliphatic rings. The fraction of sp³-hybridized carbons (Fsp3) is 1.00. The van der Waals surface area contributed by atoms with Crippen LogP contribution in [-0.2, 0) is 0 Å². The van der Waals surface area contributed by atoms with Gasteiger partial charge in [0.1, 0.15) is 0 Å². The summed E-state index contributed by atoms with van der Waals surface area (Å²) in [5.74, 6) is 3.98. The second-order valence-corrected chi connectivity index (χ2v) is 7.04. The SMILES string of the molecule is CC(C)C1CCC(CC2CCC(N)CC2)CC1. The molecule has 0 atom stereocenters. The second kappa shape index (κ2) is 6.22. The molecule has 0 aromatic rings. The third-order valence-corrected chi connectivity index (χ3v) is 5.39. The maximum Gasteiger partial charge on any atom is 0.00390 e. The summed E-state index contributed by atoms with van der Waals surface area (Å²) in [5.41, 5.74) is 5.98. The van der Waals surface area contributed by atoms with E-state index < -0.39 is 0 Å². The van der Waals surface area contributed by atoms with Gasteiger partial charge in [0.2, 0.25) is 0 Å². The van der Waals surface area contributed by atoms with Crippen molar-refractivity contribution >= 4 is 0 Å². The zero-order chi connectivity index (χ0) is 12.3. The van der Waals surface area contributed by atoms with Crippen LogP contribution in [0.5, 0.6) is 0 Å². The van der Waals surface area contributed by atoms with Gasteiger partial charge in [-0.3, -0.25) is 0 Å². The molecule has 2 fully saturated rings. The fourth-order valence-electron chi connectivity index (χ4n) is 3.99. The third-order valence-electron chi connectivity index (χ3n) is 5.39. The Morgan fingerprint density at radius 1 is 0.824 bits per heavy atom. The average molecular weight is 237 g/mol. The van der Waals surface area contributed by atoms with Crippen LogP contribution in [0.25, 0.3) is 0 Å². The van der Waals surface area contributed by atoms with E-state index in [1.54, 1.807) is 0 Å². The van der Waals surface area contributed by atoms with Crippen molar-refractivity contribution in [2.24, 2.45) is 29.4 Å². The first-order chi connectivity index (χ1) is 8.15. The molecular weight excluding hydrogens is 206 g/mol. The van der Waals surface area contributed by atoms with Crippen molar-refractivity contribution in [2.45, 2.75) is 77.7 Å². The van der Waals surface area contributed by atoms with Crippen LogP contribution in [0.4, 0.5) is 0 Å². The summed E-state index contributed by atoms with van der Waals surface area (Å²) < 4.78 is 0. The molecule has 0 radical (unpaired) electrons. The van der Waals surface area contributed by atoms with Crippen LogP contribution in [0.3, 0.4) is 0 Å². The molecule has 2 N–H and O–H groups in total. The highest BCUT2D eigenvalue weighted by atomic mass is 14.6. The molecule has 0 spiro atoms. The highest BCUT2D eigenvalue weighted by Gasteiger charge is 2.26. The molecule has 0 saturated heterocycles. The Morgan fingerprint density at radius 2 is 1.29 bits per heavy atom. The van der Waals surface area contributed by atoms with Gasteiger partial charge in [-0.1, -0.05) is 26.7 Å². The van der Waals surface area contributed by atoms with Crippen molar-refractivity contribution < 1.29 is 0 Å². The Bertz CT molecular complexity index is 208. The van der Waals surface area contributed by atoms with Crippen LogP contribution in [-0.4, -0.2) is 6.04 Å². The lowest BCUT2D eigenvalue weighted by atomic mass is 9.72. The zero-order valence-electron chi connectivity index (χ0n) is 11.8. The average Bonchev–Trinajstić information content (AvgIpc) is 2.33. The molecule has 1 nitrogen and oxygen atoms in total. The molecule has 17 heavy (non-hydrogen) atoms. The Labute approximate surface area is 108 Å². The molecule has 2 rings (SSSR count). The van der Waals surface area contributed by atoms with E-state index in [0.29, 0.717) is 6.04 Å². The topological polar surface area (TPSA) is 26.0 Å². The maximum absolute atomic E-state index is 5.98. The minimum atomic E-state index is 0.517. The Balaban J connectivity index is 1.67. The fourth-order valence-corrected chi connectivity index (χ4v) is 3.99. The summed E-state index contributed by atoms with van der Waals surface area (Å²) in [6, 6.07) is 0.517. The minimum Gasteiger partial charge on any atom is -0.328 e. The summed E-state index contributed by atoms with van der Waals surface area (Å²) >= 11 is 0. The lowest BCUT2D eigenvalue weighted by molar-refractivity contribution is 0.182. The van der Waals surface area contributed by atoms with Crippen molar-refractivity contribution in [3.8, 4) is 0 Å². The molecule has 1 heteroatoms. The van der Waals surface area contributed by atoms with E-state index in [0.717, 1.165) is 23.7 Å². The predicted octanol–water partition coefficient (Wildman–Crippen LogP) is 4.36. The van der Waals surface area contributed by atoms with E-state index in [9.17, 15) is 0 Å². The predicted molar refractivity (Wildman–Crippen MR) is 74.8 cm³/mol. The molecule has 0 heterocycles. The first-order valence-electron chi connectivity index (χ1n) is 7.90. The summed E-state index contributed by atoms with van der Waals surface area (Å²) in [4.78, 5) is 0. The molecular formula is C16H31N. The zero-order valence-corrected chi connectivity index (χ0v) is 11.8. The van der Waals surface area contributed by atoms with Gasteiger partial charge in [0.25, 0.3) is 0 Å². The highest BCUT2D eigenvalue weighted by Crippen LogP contribution is 2.38. The van der Waals surface area contributed by atoms with Crippen molar-refractivity contribution in [1.82, 2.24) is 0 Å². The van der Waals surface area contributed by atoms with Gasteiger partial charge in [-0.05, 0) is 68.6 Å². The standard InChI is InChI=1S/C16H31N/c1-12(2)15-7-3-13(4-8-15)11-14-5-9-16(17)10-6-14/h12-16H,3-11,17H2,1-2H3. The van der Waals surface area contributed by atoms with Crippen LogP contribution in [0.15, 0.2) is 0 Å². The van der Waals surface area contributed by atoms with E-state index in [-0.39, 0.29) is 0 Å². The van der Waals surface area contributed by atoms with Gasteiger partial charge in [0.15, 0.2) is 0 Å². The van der Waals surface area contributed by atoms with Gasteiger partial charge >= 0.3 is 0 Å². The van der Waals surface area contributed by atoms with E-state index in [1.165, 1.54) is 57.8 Å². The Morgan fingerprint density at radius 3 is 1.76 bits per heavy atom. The first kappa shape index (κ1) is 13.4. The van der Waals surface area contributed by atoms with Crippen LogP contribution in [0.1, 0.15) is 71.6 Å². The van der Waals surface area contributed by atoms with E-state index in [2.05, 4.69) is 13.8 Å². The summed E-state index contributed by atoms with van der Waals surface area (Å²) in [5, 5.41) is 0. The molecule has 0 unspecified atom stereocenters. The van der Waals surface area contributed by atoms with Gasteiger partial charge in [0, 0.05) is 6.04 Å². The van der Waals surface area contributed by atoms with Gasteiger partial charge < -0.3 is 5.73 Å². The summed E-state index contributed by atoms with van der Waals surface area (Å²) in [6.45, 7) is 4.79. The monoisotopic (exact) mass is 237 g/mol. The van der Waals surface area contributed by atoms with Gasteiger partial charge in [-0.2, -0.15) is 0 Å². The van der Waals surface area contributed by atoms with Crippen molar-refractivity contribution in [3.05, 3.63) is 0 Å². The maximum atomic E-state index is 5.98. The Kier molecular flexibility index (Phi) is 4.90. The van der Waals surface area contributed by atoms with Crippen LogP contribution in [0.2, 0.25) is 0 Å². The van der Waals surface area contributed by atoms with Gasteiger partial charge in [0.05, 0.1) is 0 Å². The number of hydrogen-bond acceptors (Lipinski definition) is 1. The largest absolute Gasteiger partial charge is 0.328 e. The van der Waals surface area contributed by atoms with Crippen molar-refractivity contribution in [1.29, 1.82) is 0 Å². The van der Waals surface area contributed by atoms with Crippen LogP contribution >= 0.6 is 0 Å². The van der Waals surface area contributed by atoms with E-state index in [1.807, 2.05) is 0 Å². The van der Waals surface area contributed by atoms with Crippen LogP contribution in [0, 0.1) is 23.7 Å². The van der Waals surface area contributed by atoms with E-state index >= 15 is 0 Å². The smallest absolute Gasteiger partial charge is 0.00390 e. The minimum absolute atomic E-state index is 0.517. The van der Waals surface area contributed by atoms with Crippen LogP contribution < -0.4 is 5.73 Å². The molecule has 0 aromatic carbocycles. The lowest BCUT2D eigenvalue weighted by Gasteiger charge is -2.34. The normalized spacial score (nSPS) is 39.5. The molecule has 0 bridgehead atoms. The molecule has 0 amide bonds. The van der Waals surface area contributed by atoms with E-state index in [4.69, 9.17) is 5.73 Å². The quantitative estimate of drug-likeness (QED) is 0.775. The molecule has 2 aliphatic carbocycles. The summed E-state index contributed by atoms with van der Waals surface area (Å²) in [6.07, 6.45) is 12.9. The molecule has 2 saturated carbocycles. The molecule has 0 aromatic heterocycles. The van der Waals surface area contributed by atoms with Gasteiger partial charge in [-0.15, -0.1) is 0 Å².